The van der Waals surface area contributed by atoms with E-state index < -0.39 is 0 Å². The van der Waals surface area contributed by atoms with Gasteiger partial charge in [0.05, 0.1) is 11.6 Å². The van der Waals surface area contributed by atoms with Crippen molar-refractivity contribution in [3.8, 4) is 0 Å². The summed E-state index contributed by atoms with van der Waals surface area (Å²) in [5.74, 6) is 0.150. The molecule has 0 spiro atoms. The first-order valence-corrected chi connectivity index (χ1v) is 6.10. The lowest BCUT2D eigenvalue weighted by atomic mass is 9.85. The van der Waals surface area contributed by atoms with Crippen LogP contribution in [0.5, 0.6) is 0 Å². The summed E-state index contributed by atoms with van der Waals surface area (Å²) in [6.45, 7) is 7.53. The number of piperazine rings is 1. The maximum Gasteiger partial charge on any atom is 0.219 e. The molecule has 1 heterocycles. The van der Waals surface area contributed by atoms with Crippen molar-refractivity contribution in [3.63, 3.8) is 0 Å². The summed E-state index contributed by atoms with van der Waals surface area (Å²) in [5, 5.41) is 3.52. The zero-order chi connectivity index (χ0) is 12.5. The molecule has 1 aliphatic heterocycles. The quantitative estimate of drug-likeness (QED) is 0.802. The third-order valence-corrected chi connectivity index (χ3v) is 3.60. The SMILES string of the molecule is CC(=O)N1CCN[C@H](c2ccccc2)C1(C)C. The van der Waals surface area contributed by atoms with E-state index in [1.165, 1.54) is 5.56 Å². The lowest BCUT2D eigenvalue weighted by Gasteiger charge is -2.48. The second kappa shape index (κ2) is 4.49. The summed E-state index contributed by atoms with van der Waals surface area (Å²) in [6, 6.07) is 10.5. The standard InChI is InChI=1S/C14H20N2O/c1-11(17)16-10-9-15-13(14(16,2)3)12-7-5-4-6-8-12/h4-8,13,15H,9-10H2,1-3H3/t13-/m1/s1. The lowest BCUT2D eigenvalue weighted by molar-refractivity contribution is -0.137. The van der Waals surface area contributed by atoms with E-state index in [0.29, 0.717) is 0 Å². The van der Waals surface area contributed by atoms with Crippen LogP contribution < -0.4 is 5.32 Å². The molecule has 0 aromatic heterocycles. The summed E-state index contributed by atoms with van der Waals surface area (Å²) in [6.07, 6.45) is 0. The van der Waals surface area contributed by atoms with E-state index in [9.17, 15) is 4.79 Å². The number of amides is 1. The van der Waals surface area contributed by atoms with Gasteiger partial charge < -0.3 is 10.2 Å². The highest BCUT2D eigenvalue weighted by atomic mass is 16.2. The molecule has 3 nitrogen and oxygen atoms in total. The van der Waals surface area contributed by atoms with E-state index in [1.54, 1.807) is 6.92 Å². The van der Waals surface area contributed by atoms with E-state index in [0.717, 1.165) is 13.1 Å². The van der Waals surface area contributed by atoms with Crippen molar-refractivity contribution in [2.75, 3.05) is 13.1 Å². The zero-order valence-electron chi connectivity index (χ0n) is 10.7. The van der Waals surface area contributed by atoms with Crippen LogP contribution in [0.2, 0.25) is 0 Å². The predicted molar refractivity (Wildman–Crippen MR) is 68.7 cm³/mol. The molecule has 1 atom stereocenters. The van der Waals surface area contributed by atoms with Crippen LogP contribution in [0, 0.1) is 0 Å². The highest BCUT2D eigenvalue weighted by Gasteiger charge is 2.40. The Labute approximate surface area is 103 Å². The average molecular weight is 232 g/mol. The molecule has 1 aromatic rings. The summed E-state index contributed by atoms with van der Waals surface area (Å²) in [7, 11) is 0. The first kappa shape index (κ1) is 12.1. The molecule has 3 heteroatoms. The molecule has 92 valence electrons. The molecule has 0 aliphatic carbocycles. The van der Waals surface area contributed by atoms with Gasteiger partial charge in [-0.15, -0.1) is 0 Å². The lowest BCUT2D eigenvalue weighted by Crippen LogP contribution is -2.60. The number of nitrogens with one attached hydrogen (secondary N) is 1. The average Bonchev–Trinajstić information content (AvgIpc) is 2.28. The normalized spacial score (nSPS) is 23.5. The number of carbonyl (C=O) groups is 1. The molecule has 0 radical (unpaired) electrons. The van der Waals surface area contributed by atoms with Crippen LogP contribution in [0.3, 0.4) is 0 Å². The van der Waals surface area contributed by atoms with Gasteiger partial charge in [0.25, 0.3) is 0 Å². The molecule has 2 rings (SSSR count). The van der Waals surface area contributed by atoms with Crippen LogP contribution in [0.4, 0.5) is 0 Å². The Morgan fingerprint density at radius 3 is 2.59 bits per heavy atom. The molecule has 17 heavy (non-hydrogen) atoms. The van der Waals surface area contributed by atoms with Gasteiger partial charge in [-0.1, -0.05) is 30.3 Å². The number of hydrogen-bond acceptors (Lipinski definition) is 2. The van der Waals surface area contributed by atoms with Gasteiger partial charge in [-0.3, -0.25) is 4.79 Å². The van der Waals surface area contributed by atoms with Crippen molar-refractivity contribution in [2.45, 2.75) is 32.4 Å². The summed E-state index contributed by atoms with van der Waals surface area (Å²) in [5.41, 5.74) is 1.05. The molecule has 1 aliphatic rings. The Hall–Kier alpha value is -1.35. The van der Waals surface area contributed by atoms with Crippen LogP contribution in [0.1, 0.15) is 32.4 Å². The van der Waals surface area contributed by atoms with Crippen molar-refractivity contribution >= 4 is 5.91 Å². The predicted octanol–water partition coefficient (Wildman–Crippen LogP) is 1.96. The Balaban J connectivity index is 2.32. The fourth-order valence-electron chi connectivity index (χ4n) is 2.75. The molecular formula is C14H20N2O. The second-order valence-corrected chi connectivity index (χ2v) is 5.12. The van der Waals surface area contributed by atoms with Crippen molar-refractivity contribution in [1.29, 1.82) is 0 Å². The topological polar surface area (TPSA) is 32.3 Å². The Bertz CT molecular complexity index is 400. The monoisotopic (exact) mass is 232 g/mol. The molecule has 0 unspecified atom stereocenters. The van der Waals surface area contributed by atoms with Crippen molar-refractivity contribution < 1.29 is 4.79 Å². The molecule has 1 fully saturated rings. The number of rotatable bonds is 1. The molecule has 1 amide bonds. The van der Waals surface area contributed by atoms with E-state index in [1.807, 2.05) is 23.1 Å². The van der Waals surface area contributed by atoms with Crippen LogP contribution in [0.25, 0.3) is 0 Å². The summed E-state index contributed by atoms with van der Waals surface area (Å²) in [4.78, 5) is 13.6. The van der Waals surface area contributed by atoms with Crippen molar-refractivity contribution in [1.82, 2.24) is 10.2 Å². The fourth-order valence-corrected chi connectivity index (χ4v) is 2.75. The van der Waals surface area contributed by atoms with Gasteiger partial charge in [-0.05, 0) is 19.4 Å². The minimum Gasteiger partial charge on any atom is -0.335 e. The van der Waals surface area contributed by atoms with Crippen LogP contribution >= 0.6 is 0 Å². The number of carbonyl (C=O) groups excluding carboxylic acids is 1. The highest BCUT2D eigenvalue weighted by Crippen LogP contribution is 2.33. The Morgan fingerprint density at radius 1 is 1.35 bits per heavy atom. The van der Waals surface area contributed by atoms with E-state index in [4.69, 9.17) is 0 Å². The van der Waals surface area contributed by atoms with Gasteiger partial charge in [-0.2, -0.15) is 0 Å². The van der Waals surface area contributed by atoms with Gasteiger partial charge in [-0.25, -0.2) is 0 Å². The first-order valence-electron chi connectivity index (χ1n) is 6.10. The highest BCUT2D eigenvalue weighted by molar-refractivity contribution is 5.74. The van der Waals surface area contributed by atoms with Crippen molar-refractivity contribution in [3.05, 3.63) is 35.9 Å². The third-order valence-electron chi connectivity index (χ3n) is 3.60. The molecule has 0 bridgehead atoms. The minimum absolute atomic E-state index is 0.150. The largest absolute Gasteiger partial charge is 0.335 e. The molecular weight excluding hydrogens is 212 g/mol. The van der Waals surface area contributed by atoms with Crippen LogP contribution in [0.15, 0.2) is 30.3 Å². The molecule has 1 aromatic carbocycles. The zero-order valence-corrected chi connectivity index (χ0v) is 10.7. The Kier molecular flexibility index (Phi) is 3.20. The van der Waals surface area contributed by atoms with Crippen LogP contribution in [-0.2, 0) is 4.79 Å². The van der Waals surface area contributed by atoms with E-state index in [-0.39, 0.29) is 17.5 Å². The summed E-state index contributed by atoms with van der Waals surface area (Å²) < 4.78 is 0. The summed E-state index contributed by atoms with van der Waals surface area (Å²) >= 11 is 0. The van der Waals surface area contributed by atoms with E-state index in [2.05, 4.69) is 31.3 Å². The molecule has 1 saturated heterocycles. The Morgan fingerprint density at radius 2 is 2.00 bits per heavy atom. The smallest absolute Gasteiger partial charge is 0.219 e. The van der Waals surface area contributed by atoms with Gasteiger partial charge in [0.15, 0.2) is 0 Å². The maximum atomic E-state index is 11.7. The second-order valence-electron chi connectivity index (χ2n) is 5.12. The molecule has 1 N–H and O–H groups in total. The van der Waals surface area contributed by atoms with Gasteiger partial charge in [0, 0.05) is 20.0 Å². The number of hydrogen-bond donors (Lipinski definition) is 1. The fraction of sp³-hybridized carbons (Fsp3) is 0.500. The van der Waals surface area contributed by atoms with Gasteiger partial charge in [0.1, 0.15) is 0 Å². The minimum atomic E-state index is -0.189. The maximum absolute atomic E-state index is 11.7. The van der Waals surface area contributed by atoms with Gasteiger partial charge in [0.2, 0.25) is 5.91 Å². The number of nitrogens with zero attached hydrogens (tertiary/aromatic N) is 1. The van der Waals surface area contributed by atoms with E-state index >= 15 is 0 Å². The molecule has 0 saturated carbocycles. The van der Waals surface area contributed by atoms with Crippen LogP contribution in [-0.4, -0.2) is 29.4 Å². The van der Waals surface area contributed by atoms with Crippen molar-refractivity contribution in [2.24, 2.45) is 0 Å². The third kappa shape index (κ3) is 2.20. The van der Waals surface area contributed by atoms with Gasteiger partial charge >= 0.3 is 0 Å². The first-order chi connectivity index (χ1) is 8.03. The number of benzene rings is 1.